The van der Waals surface area contributed by atoms with E-state index in [9.17, 15) is 0 Å². The predicted molar refractivity (Wildman–Crippen MR) is 83.1 cm³/mol. The molecule has 1 aromatic heterocycles. The number of hydrogen-bond acceptors (Lipinski definition) is 4. The summed E-state index contributed by atoms with van der Waals surface area (Å²) in [6.45, 7) is 4.72. The van der Waals surface area contributed by atoms with E-state index < -0.39 is 0 Å². The Balaban J connectivity index is 2.13. The number of alkyl halides is 1. The first-order chi connectivity index (χ1) is 8.18. The molecule has 3 nitrogen and oxygen atoms in total. The lowest BCUT2D eigenvalue weighted by Crippen LogP contribution is -2.49. The van der Waals surface area contributed by atoms with Crippen LogP contribution >= 0.6 is 46.1 Å². The number of piperidine rings is 1. The summed E-state index contributed by atoms with van der Waals surface area (Å²) in [6.07, 6.45) is 2.60. The fourth-order valence-corrected chi connectivity index (χ4v) is 4.59. The number of likely N-dealkylation sites (N-methyl/N-ethyl adjacent to an activating group) is 1. The van der Waals surface area contributed by atoms with Gasteiger partial charge in [-0.05, 0) is 41.2 Å². The third kappa shape index (κ3) is 3.33. The molecule has 2 unspecified atom stereocenters. The average molecular weight is 384 g/mol. The molecule has 2 heterocycles. The number of nitrogens with zero attached hydrogens (tertiary/aromatic N) is 3. The SMILES string of the molecule is CCSc1nsnc1C1CCC[N+](C)(CI)C1. The largest absolute Gasteiger partial charge is 0.317 e. The standard InChI is InChI=1S/C11H19IN3S2/c1-3-16-11-10(13-17-14-11)9-5-4-6-15(2,7-9)8-12/h9H,3-8H2,1-2H3/q+1. The monoisotopic (exact) mass is 384 g/mol. The van der Waals surface area contributed by atoms with Crippen molar-refractivity contribution in [3.63, 3.8) is 0 Å². The highest BCUT2D eigenvalue weighted by Gasteiger charge is 2.33. The van der Waals surface area contributed by atoms with Crippen LogP contribution in [0.5, 0.6) is 0 Å². The van der Waals surface area contributed by atoms with Crippen molar-refractivity contribution in [1.29, 1.82) is 0 Å². The third-order valence-corrected chi connectivity index (χ3v) is 6.52. The highest BCUT2D eigenvalue weighted by molar-refractivity contribution is 14.1. The second kappa shape index (κ2) is 6.16. The number of aromatic nitrogens is 2. The van der Waals surface area contributed by atoms with Crippen LogP contribution in [0.25, 0.3) is 0 Å². The van der Waals surface area contributed by atoms with Gasteiger partial charge in [0.05, 0.1) is 43.5 Å². The first-order valence-corrected chi connectivity index (χ1v) is 9.27. The van der Waals surface area contributed by atoms with E-state index in [4.69, 9.17) is 0 Å². The van der Waals surface area contributed by atoms with E-state index in [1.807, 2.05) is 11.8 Å². The van der Waals surface area contributed by atoms with E-state index in [0.29, 0.717) is 5.92 Å². The molecule has 0 N–H and O–H groups in total. The Kier molecular flexibility index (Phi) is 5.08. The number of halogens is 1. The maximum Gasteiger partial charge on any atom is 0.134 e. The summed E-state index contributed by atoms with van der Waals surface area (Å²) >= 11 is 5.73. The molecule has 0 aliphatic carbocycles. The molecule has 2 atom stereocenters. The van der Waals surface area contributed by atoms with Gasteiger partial charge < -0.3 is 4.48 Å². The molecule has 0 radical (unpaired) electrons. The molecule has 1 fully saturated rings. The number of thioether (sulfide) groups is 1. The Morgan fingerprint density at radius 1 is 1.53 bits per heavy atom. The van der Waals surface area contributed by atoms with Gasteiger partial charge in [-0.2, -0.15) is 8.75 Å². The maximum absolute atomic E-state index is 4.56. The Morgan fingerprint density at radius 3 is 3.06 bits per heavy atom. The molecule has 96 valence electrons. The second-order valence-electron chi connectivity index (χ2n) is 4.87. The van der Waals surface area contributed by atoms with Crippen LogP contribution < -0.4 is 0 Å². The Bertz CT molecular complexity index is 371. The summed E-state index contributed by atoms with van der Waals surface area (Å²) < 4.78 is 11.4. The van der Waals surface area contributed by atoms with Gasteiger partial charge in [-0.25, -0.2) is 0 Å². The van der Waals surface area contributed by atoms with Crippen molar-refractivity contribution in [3.05, 3.63) is 5.69 Å². The summed E-state index contributed by atoms with van der Waals surface area (Å²) in [4.78, 5) is 0. The van der Waals surface area contributed by atoms with Crippen molar-refractivity contribution in [3.8, 4) is 0 Å². The number of hydrogen-bond donors (Lipinski definition) is 0. The van der Waals surface area contributed by atoms with Crippen LogP contribution in [0.2, 0.25) is 0 Å². The molecule has 0 saturated carbocycles. The van der Waals surface area contributed by atoms with Crippen LogP contribution in [0.1, 0.15) is 31.4 Å². The first-order valence-electron chi connectivity index (χ1n) is 6.03. The van der Waals surface area contributed by atoms with Gasteiger partial charge in [-0.3, -0.25) is 0 Å². The smallest absolute Gasteiger partial charge is 0.134 e. The molecule has 2 rings (SSSR count). The van der Waals surface area contributed by atoms with Crippen molar-refractivity contribution in [2.45, 2.75) is 30.7 Å². The van der Waals surface area contributed by atoms with Gasteiger partial charge in [-0.1, -0.05) is 6.92 Å². The van der Waals surface area contributed by atoms with Gasteiger partial charge in [0.25, 0.3) is 0 Å². The van der Waals surface area contributed by atoms with E-state index >= 15 is 0 Å². The van der Waals surface area contributed by atoms with Gasteiger partial charge in [0.1, 0.15) is 9.58 Å². The summed E-state index contributed by atoms with van der Waals surface area (Å²) in [5.74, 6) is 1.71. The minimum absolute atomic E-state index is 0.622. The van der Waals surface area contributed by atoms with Gasteiger partial charge in [0, 0.05) is 0 Å². The third-order valence-electron chi connectivity index (χ3n) is 3.35. The quantitative estimate of drug-likeness (QED) is 0.262. The molecule has 1 aliphatic heterocycles. The first kappa shape index (κ1) is 14.0. The zero-order chi connectivity index (χ0) is 12.3. The van der Waals surface area contributed by atoms with Crippen LogP contribution in [0.4, 0.5) is 0 Å². The van der Waals surface area contributed by atoms with Crippen LogP contribution in [0.15, 0.2) is 5.03 Å². The lowest BCUT2D eigenvalue weighted by atomic mass is 9.94. The minimum atomic E-state index is 0.622. The van der Waals surface area contributed by atoms with Crippen molar-refractivity contribution < 1.29 is 4.48 Å². The van der Waals surface area contributed by atoms with Crippen molar-refractivity contribution >= 4 is 46.1 Å². The normalized spacial score (nSPS) is 29.5. The topological polar surface area (TPSA) is 25.8 Å². The van der Waals surface area contributed by atoms with Crippen LogP contribution in [0.3, 0.4) is 0 Å². The fourth-order valence-electron chi connectivity index (χ4n) is 2.44. The van der Waals surface area contributed by atoms with E-state index in [2.05, 4.69) is 45.3 Å². The van der Waals surface area contributed by atoms with E-state index in [0.717, 1.165) is 5.75 Å². The Labute approximate surface area is 125 Å². The molecular formula is C11H19IN3S2+. The van der Waals surface area contributed by atoms with Crippen molar-refractivity contribution in [2.75, 3.05) is 30.4 Å². The van der Waals surface area contributed by atoms with Gasteiger partial charge in [0.2, 0.25) is 0 Å². The summed E-state index contributed by atoms with van der Waals surface area (Å²) in [6, 6.07) is 0. The Hall–Kier alpha value is 0.600. The second-order valence-corrected chi connectivity index (χ2v) is 7.34. The maximum atomic E-state index is 4.56. The molecule has 1 saturated heterocycles. The zero-order valence-corrected chi connectivity index (χ0v) is 14.1. The lowest BCUT2D eigenvalue weighted by Gasteiger charge is -2.39. The molecule has 0 bridgehead atoms. The molecule has 0 amide bonds. The predicted octanol–water partition coefficient (Wildman–Crippen LogP) is 3.37. The Morgan fingerprint density at radius 2 is 2.35 bits per heavy atom. The molecule has 1 aromatic rings. The summed E-state index contributed by atoms with van der Waals surface area (Å²) in [5.41, 5.74) is 1.27. The fraction of sp³-hybridized carbons (Fsp3) is 0.818. The average Bonchev–Trinajstić information content (AvgIpc) is 2.78. The van der Waals surface area contributed by atoms with E-state index in [1.54, 1.807) is 0 Å². The van der Waals surface area contributed by atoms with Gasteiger partial charge >= 0.3 is 0 Å². The van der Waals surface area contributed by atoms with Crippen LogP contribution in [-0.4, -0.2) is 43.7 Å². The molecule has 1 aliphatic rings. The molecule has 6 heteroatoms. The van der Waals surface area contributed by atoms with Crippen LogP contribution in [-0.2, 0) is 0 Å². The lowest BCUT2D eigenvalue weighted by molar-refractivity contribution is -0.900. The van der Waals surface area contributed by atoms with Crippen molar-refractivity contribution in [2.24, 2.45) is 0 Å². The zero-order valence-electron chi connectivity index (χ0n) is 10.4. The minimum Gasteiger partial charge on any atom is -0.317 e. The number of quaternary nitrogens is 1. The molecule has 0 spiro atoms. The summed E-state index contributed by atoms with van der Waals surface area (Å²) in [7, 11) is 2.37. The van der Waals surface area contributed by atoms with Gasteiger partial charge in [0.15, 0.2) is 0 Å². The number of rotatable bonds is 4. The molecule has 17 heavy (non-hydrogen) atoms. The van der Waals surface area contributed by atoms with E-state index in [1.165, 1.54) is 57.4 Å². The van der Waals surface area contributed by atoms with E-state index in [-0.39, 0.29) is 0 Å². The number of likely N-dealkylation sites (tertiary alicyclic amines) is 1. The molecular weight excluding hydrogens is 365 g/mol. The van der Waals surface area contributed by atoms with Crippen LogP contribution in [0, 0.1) is 0 Å². The highest BCUT2D eigenvalue weighted by Crippen LogP contribution is 2.34. The molecule has 0 aromatic carbocycles. The van der Waals surface area contributed by atoms with Crippen molar-refractivity contribution in [1.82, 2.24) is 8.75 Å². The van der Waals surface area contributed by atoms with Gasteiger partial charge in [-0.15, -0.1) is 11.8 Å². The summed E-state index contributed by atoms with van der Waals surface area (Å²) in [5, 5.41) is 1.18. The highest BCUT2D eigenvalue weighted by atomic mass is 127.